The molecule has 0 spiro atoms. The summed E-state index contributed by atoms with van der Waals surface area (Å²) < 4.78 is 0. The van der Waals surface area contributed by atoms with Crippen LogP contribution >= 0.6 is 12.4 Å². The lowest BCUT2D eigenvalue weighted by Gasteiger charge is -2.35. The van der Waals surface area contributed by atoms with E-state index in [0.29, 0.717) is 39.1 Å². The molecular formula is C12H24ClN3O2. The molecule has 1 fully saturated rings. The van der Waals surface area contributed by atoms with Gasteiger partial charge in [0.25, 0.3) is 0 Å². The van der Waals surface area contributed by atoms with Crippen LogP contribution in [0.5, 0.6) is 0 Å². The normalized spacial score (nSPS) is 15.6. The molecule has 0 atom stereocenters. The molecular weight excluding hydrogens is 254 g/mol. The van der Waals surface area contributed by atoms with Gasteiger partial charge >= 0.3 is 0 Å². The minimum absolute atomic E-state index is 0. The summed E-state index contributed by atoms with van der Waals surface area (Å²) in [5, 5.41) is 2.97. The van der Waals surface area contributed by atoms with Crippen LogP contribution in [0.1, 0.15) is 20.3 Å². The van der Waals surface area contributed by atoms with Crippen LogP contribution in [0.2, 0.25) is 0 Å². The number of carbonyl (C=O) groups is 2. The Morgan fingerprint density at radius 3 is 2.06 bits per heavy atom. The van der Waals surface area contributed by atoms with E-state index < -0.39 is 0 Å². The zero-order valence-electron chi connectivity index (χ0n) is 11.4. The Kier molecular flexibility index (Phi) is 7.95. The Labute approximate surface area is 115 Å². The monoisotopic (exact) mass is 277 g/mol. The number of halogens is 1. The first-order chi connectivity index (χ1) is 8.06. The molecule has 0 radical (unpaired) electrons. The fraction of sp³-hybridized carbons (Fsp3) is 0.833. The largest absolute Gasteiger partial charge is 0.339 e. The minimum atomic E-state index is 0. The number of piperazine rings is 1. The van der Waals surface area contributed by atoms with Gasteiger partial charge < -0.3 is 15.1 Å². The van der Waals surface area contributed by atoms with Crippen LogP contribution in [0, 0.1) is 5.92 Å². The molecule has 0 aliphatic carbocycles. The Morgan fingerprint density at radius 1 is 1.11 bits per heavy atom. The second-order valence-corrected chi connectivity index (χ2v) is 4.71. The summed E-state index contributed by atoms with van der Waals surface area (Å²) in [6.45, 7) is 7.20. The van der Waals surface area contributed by atoms with E-state index in [0.717, 1.165) is 0 Å². The number of hydrogen-bond donors (Lipinski definition) is 1. The molecule has 5 nitrogen and oxygen atoms in total. The molecule has 2 amide bonds. The molecule has 0 aromatic heterocycles. The average molecular weight is 278 g/mol. The van der Waals surface area contributed by atoms with Crippen LogP contribution in [0.15, 0.2) is 0 Å². The molecule has 0 unspecified atom stereocenters. The topological polar surface area (TPSA) is 52.7 Å². The third kappa shape index (κ3) is 4.82. The summed E-state index contributed by atoms with van der Waals surface area (Å²) in [6, 6.07) is 0. The van der Waals surface area contributed by atoms with Gasteiger partial charge in [-0.2, -0.15) is 0 Å². The fourth-order valence-corrected chi connectivity index (χ4v) is 1.93. The first kappa shape index (κ1) is 17.2. The smallest absolute Gasteiger partial charge is 0.225 e. The fourth-order valence-electron chi connectivity index (χ4n) is 1.93. The van der Waals surface area contributed by atoms with Crippen molar-refractivity contribution in [3.8, 4) is 0 Å². The zero-order valence-corrected chi connectivity index (χ0v) is 12.3. The Balaban J connectivity index is 0.00000289. The number of nitrogens with zero attached hydrogens (tertiary/aromatic N) is 2. The summed E-state index contributed by atoms with van der Waals surface area (Å²) >= 11 is 0. The van der Waals surface area contributed by atoms with Gasteiger partial charge in [-0.25, -0.2) is 0 Å². The highest BCUT2D eigenvalue weighted by molar-refractivity contribution is 5.85. The van der Waals surface area contributed by atoms with Crippen molar-refractivity contribution in [2.45, 2.75) is 20.3 Å². The van der Waals surface area contributed by atoms with E-state index in [-0.39, 0.29) is 30.1 Å². The number of nitrogens with one attached hydrogen (secondary N) is 1. The predicted octanol–water partition coefficient (Wildman–Crippen LogP) is 0.345. The molecule has 106 valence electrons. The van der Waals surface area contributed by atoms with Gasteiger partial charge in [-0.3, -0.25) is 9.59 Å². The van der Waals surface area contributed by atoms with Gasteiger partial charge in [-0.15, -0.1) is 12.4 Å². The molecule has 6 heteroatoms. The van der Waals surface area contributed by atoms with Crippen LogP contribution in [0.4, 0.5) is 0 Å². The highest BCUT2D eigenvalue weighted by Crippen LogP contribution is 2.07. The van der Waals surface area contributed by atoms with Crippen molar-refractivity contribution in [3.05, 3.63) is 0 Å². The maximum Gasteiger partial charge on any atom is 0.225 e. The molecule has 18 heavy (non-hydrogen) atoms. The number of carbonyl (C=O) groups excluding carboxylic acids is 2. The molecule has 1 heterocycles. The molecule has 1 rings (SSSR count). The lowest BCUT2D eigenvalue weighted by molar-refractivity contribution is -0.141. The van der Waals surface area contributed by atoms with Gasteiger partial charge in [0.15, 0.2) is 0 Å². The Hall–Kier alpha value is -0.810. The van der Waals surface area contributed by atoms with Crippen molar-refractivity contribution in [2.75, 3.05) is 39.8 Å². The molecule has 0 bridgehead atoms. The van der Waals surface area contributed by atoms with Crippen LogP contribution < -0.4 is 5.32 Å². The number of amides is 2. The summed E-state index contributed by atoms with van der Waals surface area (Å²) in [5.74, 6) is 0.407. The summed E-state index contributed by atoms with van der Waals surface area (Å²) in [7, 11) is 1.84. The van der Waals surface area contributed by atoms with E-state index in [4.69, 9.17) is 0 Å². The molecule has 0 saturated carbocycles. The second-order valence-electron chi connectivity index (χ2n) is 4.71. The maximum absolute atomic E-state index is 11.8. The van der Waals surface area contributed by atoms with Crippen molar-refractivity contribution in [2.24, 2.45) is 5.92 Å². The minimum Gasteiger partial charge on any atom is -0.339 e. The summed E-state index contributed by atoms with van der Waals surface area (Å²) in [5.41, 5.74) is 0. The van der Waals surface area contributed by atoms with Crippen molar-refractivity contribution in [3.63, 3.8) is 0 Å². The zero-order chi connectivity index (χ0) is 12.8. The van der Waals surface area contributed by atoms with Gasteiger partial charge in [0.2, 0.25) is 11.8 Å². The van der Waals surface area contributed by atoms with Gasteiger partial charge in [-0.05, 0) is 7.05 Å². The SMILES string of the molecule is CNCCC(=O)N1CCN(C(=O)C(C)C)CC1.Cl. The lowest BCUT2D eigenvalue weighted by Crippen LogP contribution is -2.51. The third-order valence-corrected chi connectivity index (χ3v) is 3.03. The standard InChI is InChI=1S/C12H23N3O2.ClH/c1-10(2)12(17)15-8-6-14(7-9-15)11(16)4-5-13-3;/h10,13H,4-9H2,1-3H3;1H. The Bertz CT molecular complexity index is 276. The number of hydrogen-bond acceptors (Lipinski definition) is 3. The molecule has 1 saturated heterocycles. The Morgan fingerprint density at radius 2 is 1.61 bits per heavy atom. The van der Waals surface area contributed by atoms with E-state index in [2.05, 4.69) is 5.32 Å². The highest BCUT2D eigenvalue weighted by atomic mass is 35.5. The average Bonchev–Trinajstić information content (AvgIpc) is 2.35. The molecule has 0 aromatic rings. The van der Waals surface area contributed by atoms with E-state index in [9.17, 15) is 9.59 Å². The summed E-state index contributed by atoms with van der Waals surface area (Å²) in [6.07, 6.45) is 0.536. The van der Waals surface area contributed by atoms with Crippen molar-refractivity contribution < 1.29 is 9.59 Å². The van der Waals surface area contributed by atoms with Crippen LogP contribution in [0.3, 0.4) is 0 Å². The lowest BCUT2D eigenvalue weighted by atomic mass is 10.1. The van der Waals surface area contributed by atoms with Gasteiger partial charge in [-0.1, -0.05) is 13.8 Å². The van der Waals surface area contributed by atoms with Crippen LogP contribution in [-0.2, 0) is 9.59 Å². The van der Waals surface area contributed by atoms with E-state index >= 15 is 0 Å². The van der Waals surface area contributed by atoms with E-state index in [1.165, 1.54) is 0 Å². The first-order valence-corrected chi connectivity index (χ1v) is 6.27. The highest BCUT2D eigenvalue weighted by Gasteiger charge is 2.24. The van der Waals surface area contributed by atoms with Crippen molar-refractivity contribution in [1.29, 1.82) is 0 Å². The van der Waals surface area contributed by atoms with Crippen molar-refractivity contribution >= 4 is 24.2 Å². The molecule has 1 aliphatic rings. The second kappa shape index (κ2) is 8.32. The maximum atomic E-state index is 11.8. The van der Waals surface area contributed by atoms with Crippen LogP contribution in [-0.4, -0.2) is 61.4 Å². The molecule has 1 N–H and O–H groups in total. The first-order valence-electron chi connectivity index (χ1n) is 6.27. The quantitative estimate of drug-likeness (QED) is 0.807. The number of rotatable bonds is 4. The molecule has 0 aromatic carbocycles. The third-order valence-electron chi connectivity index (χ3n) is 3.03. The van der Waals surface area contributed by atoms with Gasteiger partial charge in [0.05, 0.1) is 0 Å². The van der Waals surface area contributed by atoms with Gasteiger partial charge in [0, 0.05) is 45.1 Å². The van der Waals surface area contributed by atoms with Crippen LogP contribution in [0.25, 0.3) is 0 Å². The molecule has 1 aliphatic heterocycles. The van der Waals surface area contributed by atoms with Gasteiger partial charge in [0.1, 0.15) is 0 Å². The van der Waals surface area contributed by atoms with E-state index in [1.807, 2.05) is 30.7 Å². The van der Waals surface area contributed by atoms with E-state index in [1.54, 1.807) is 0 Å². The van der Waals surface area contributed by atoms with Crippen molar-refractivity contribution in [1.82, 2.24) is 15.1 Å². The predicted molar refractivity (Wildman–Crippen MR) is 73.8 cm³/mol. The summed E-state index contributed by atoms with van der Waals surface area (Å²) in [4.78, 5) is 27.2.